The molecular formula is C12H18N4O2S. The lowest BCUT2D eigenvalue weighted by Gasteiger charge is -2.03. The molecule has 1 amide bonds. The first kappa shape index (κ1) is 13.8. The lowest BCUT2D eigenvalue weighted by Crippen LogP contribution is -2.25. The number of nitrogens with one attached hydrogen (secondary N) is 1. The van der Waals surface area contributed by atoms with E-state index in [1.54, 1.807) is 11.8 Å². The molecule has 0 radical (unpaired) electrons. The zero-order chi connectivity index (χ0) is 14.0. The zero-order valence-electron chi connectivity index (χ0n) is 11.3. The number of amides is 1. The minimum absolute atomic E-state index is 0.130. The van der Waals surface area contributed by atoms with Gasteiger partial charge in [-0.1, -0.05) is 0 Å². The average Bonchev–Trinajstić information content (AvgIpc) is 2.85. The fraction of sp³-hybridized carbons (Fsp3) is 0.500. The molecular weight excluding hydrogens is 264 g/mol. The summed E-state index contributed by atoms with van der Waals surface area (Å²) in [6, 6.07) is 0. The number of nitrogens with two attached hydrogens (primary N) is 1. The highest BCUT2D eigenvalue weighted by Crippen LogP contribution is 2.35. The van der Waals surface area contributed by atoms with E-state index in [4.69, 9.17) is 10.5 Å². The van der Waals surface area contributed by atoms with Crippen LogP contribution in [0, 0.1) is 6.92 Å². The van der Waals surface area contributed by atoms with Gasteiger partial charge >= 0.3 is 0 Å². The number of nitrogen functional groups attached to an aromatic ring is 1. The molecule has 0 aliphatic carbocycles. The number of rotatable bonds is 5. The first-order chi connectivity index (χ1) is 9.06. The summed E-state index contributed by atoms with van der Waals surface area (Å²) in [6.07, 6.45) is 0.785. The monoisotopic (exact) mass is 282 g/mol. The van der Waals surface area contributed by atoms with E-state index in [0.717, 1.165) is 22.3 Å². The van der Waals surface area contributed by atoms with Gasteiger partial charge in [0.05, 0.1) is 16.8 Å². The molecule has 2 aromatic heterocycles. The molecule has 2 rings (SSSR count). The number of hydrogen-bond acceptors (Lipinski definition) is 5. The average molecular weight is 282 g/mol. The Morgan fingerprint density at radius 1 is 1.58 bits per heavy atom. The van der Waals surface area contributed by atoms with Crippen LogP contribution in [0.1, 0.15) is 21.8 Å². The number of thiophene rings is 1. The number of carbonyl (C=O) groups excluding carboxylic acids is 1. The summed E-state index contributed by atoms with van der Waals surface area (Å²) in [4.78, 5) is 13.6. The van der Waals surface area contributed by atoms with Crippen molar-refractivity contribution in [2.75, 3.05) is 26.0 Å². The van der Waals surface area contributed by atoms with E-state index in [2.05, 4.69) is 10.4 Å². The maximum absolute atomic E-state index is 12.1. The molecule has 0 saturated carbocycles. The molecule has 2 aromatic rings. The quantitative estimate of drug-likeness (QED) is 0.810. The summed E-state index contributed by atoms with van der Waals surface area (Å²) in [6.45, 7) is 3.11. The zero-order valence-corrected chi connectivity index (χ0v) is 12.1. The van der Waals surface area contributed by atoms with Crippen LogP contribution >= 0.6 is 11.3 Å². The fourth-order valence-corrected chi connectivity index (χ4v) is 3.10. The van der Waals surface area contributed by atoms with Crippen molar-refractivity contribution in [2.24, 2.45) is 7.05 Å². The molecule has 0 atom stereocenters. The summed E-state index contributed by atoms with van der Waals surface area (Å²) < 4.78 is 6.69. The van der Waals surface area contributed by atoms with Crippen molar-refractivity contribution >= 4 is 33.1 Å². The van der Waals surface area contributed by atoms with Crippen molar-refractivity contribution < 1.29 is 9.53 Å². The third-order valence-electron chi connectivity index (χ3n) is 2.90. The number of ether oxygens (including phenoxy) is 1. The van der Waals surface area contributed by atoms with Gasteiger partial charge in [-0.3, -0.25) is 9.48 Å². The van der Waals surface area contributed by atoms with Crippen LogP contribution in [0.4, 0.5) is 5.69 Å². The highest BCUT2D eigenvalue weighted by molar-refractivity contribution is 7.21. The minimum Gasteiger partial charge on any atom is -0.397 e. The Balaban J connectivity index is 2.18. The summed E-state index contributed by atoms with van der Waals surface area (Å²) in [5, 5.41) is 8.03. The van der Waals surface area contributed by atoms with Crippen LogP contribution in [-0.4, -0.2) is 35.9 Å². The lowest BCUT2D eigenvalue weighted by atomic mass is 10.2. The SMILES string of the molecule is COCCCNC(=O)c1sc2c(c(C)nn2C)c1N. The Hall–Kier alpha value is -1.60. The number of nitrogens with zero attached hydrogens (tertiary/aromatic N) is 2. The second-order valence-electron chi connectivity index (χ2n) is 4.34. The molecule has 0 fully saturated rings. The van der Waals surface area contributed by atoms with E-state index in [1.165, 1.54) is 11.3 Å². The van der Waals surface area contributed by atoms with E-state index in [9.17, 15) is 4.79 Å². The predicted molar refractivity (Wildman–Crippen MR) is 76.6 cm³/mol. The number of aryl methyl sites for hydroxylation is 2. The second-order valence-corrected chi connectivity index (χ2v) is 5.34. The van der Waals surface area contributed by atoms with Crippen LogP contribution in [0.25, 0.3) is 10.2 Å². The van der Waals surface area contributed by atoms with Crippen molar-refractivity contribution in [1.29, 1.82) is 0 Å². The van der Waals surface area contributed by atoms with Gasteiger partial charge in [0.2, 0.25) is 0 Å². The van der Waals surface area contributed by atoms with E-state index in [0.29, 0.717) is 23.7 Å². The maximum atomic E-state index is 12.1. The molecule has 0 bridgehead atoms. The fourth-order valence-electron chi connectivity index (χ4n) is 2.00. The normalized spacial score (nSPS) is 11.1. The molecule has 0 aliphatic heterocycles. The Labute approximate surface area is 115 Å². The van der Waals surface area contributed by atoms with E-state index >= 15 is 0 Å². The number of methoxy groups -OCH3 is 1. The Morgan fingerprint density at radius 2 is 2.32 bits per heavy atom. The third-order valence-corrected chi connectivity index (χ3v) is 4.17. The van der Waals surface area contributed by atoms with Gasteiger partial charge in [-0.25, -0.2) is 0 Å². The highest BCUT2D eigenvalue weighted by Gasteiger charge is 2.20. The van der Waals surface area contributed by atoms with Gasteiger partial charge < -0.3 is 15.8 Å². The molecule has 3 N–H and O–H groups in total. The molecule has 6 nitrogen and oxygen atoms in total. The maximum Gasteiger partial charge on any atom is 0.263 e. The van der Waals surface area contributed by atoms with Crippen LogP contribution < -0.4 is 11.1 Å². The first-order valence-corrected chi connectivity index (χ1v) is 6.86. The van der Waals surface area contributed by atoms with Crippen molar-refractivity contribution in [3.63, 3.8) is 0 Å². The van der Waals surface area contributed by atoms with Gasteiger partial charge in [-0.2, -0.15) is 5.10 Å². The number of anilines is 1. The predicted octanol–water partition coefficient (Wildman–Crippen LogP) is 1.29. The molecule has 0 saturated heterocycles. The standard InChI is InChI=1S/C12H18N4O2S/c1-7-8-9(13)10(19-12(8)16(2)15-7)11(17)14-5-4-6-18-3/h4-6,13H2,1-3H3,(H,14,17). The highest BCUT2D eigenvalue weighted by atomic mass is 32.1. The molecule has 0 aliphatic rings. The van der Waals surface area contributed by atoms with Crippen LogP contribution in [0.15, 0.2) is 0 Å². The van der Waals surface area contributed by atoms with Gasteiger partial charge in [0.15, 0.2) is 0 Å². The summed E-state index contributed by atoms with van der Waals surface area (Å²) in [5.41, 5.74) is 7.43. The number of aromatic nitrogens is 2. The number of carbonyl (C=O) groups is 1. The molecule has 0 spiro atoms. The van der Waals surface area contributed by atoms with E-state index in [1.807, 2.05) is 14.0 Å². The number of hydrogen-bond donors (Lipinski definition) is 2. The van der Waals surface area contributed by atoms with Crippen molar-refractivity contribution in [3.05, 3.63) is 10.6 Å². The van der Waals surface area contributed by atoms with Gasteiger partial charge in [0.1, 0.15) is 9.71 Å². The van der Waals surface area contributed by atoms with Gasteiger partial charge in [0, 0.05) is 27.3 Å². The Bertz CT molecular complexity index is 602. The van der Waals surface area contributed by atoms with Gasteiger partial charge in [-0.05, 0) is 13.3 Å². The summed E-state index contributed by atoms with van der Waals surface area (Å²) >= 11 is 1.38. The molecule has 2 heterocycles. The molecule has 104 valence electrons. The van der Waals surface area contributed by atoms with E-state index < -0.39 is 0 Å². The molecule has 7 heteroatoms. The number of fused-ring (bicyclic) bond motifs is 1. The largest absolute Gasteiger partial charge is 0.397 e. The smallest absolute Gasteiger partial charge is 0.263 e. The topological polar surface area (TPSA) is 82.2 Å². The molecule has 19 heavy (non-hydrogen) atoms. The van der Waals surface area contributed by atoms with Crippen LogP contribution in [0.3, 0.4) is 0 Å². The summed E-state index contributed by atoms with van der Waals surface area (Å²) in [5.74, 6) is -0.130. The third kappa shape index (κ3) is 2.57. The van der Waals surface area contributed by atoms with Gasteiger partial charge in [0.25, 0.3) is 5.91 Å². The first-order valence-electron chi connectivity index (χ1n) is 6.05. The molecule has 0 unspecified atom stereocenters. The molecule has 0 aromatic carbocycles. The minimum atomic E-state index is -0.130. The Morgan fingerprint density at radius 3 is 2.95 bits per heavy atom. The van der Waals surface area contributed by atoms with Crippen molar-refractivity contribution in [3.8, 4) is 0 Å². The lowest BCUT2D eigenvalue weighted by molar-refractivity contribution is 0.0953. The van der Waals surface area contributed by atoms with Crippen molar-refractivity contribution in [2.45, 2.75) is 13.3 Å². The van der Waals surface area contributed by atoms with Crippen molar-refractivity contribution in [1.82, 2.24) is 15.1 Å². The Kier molecular flexibility index (Phi) is 4.06. The van der Waals surface area contributed by atoms with Crippen LogP contribution in [0.2, 0.25) is 0 Å². The second kappa shape index (κ2) is 5.58. The van der Waals surface area contributed by atoms with E-state index in [-0.39, 0.29) is 5.91 Å². The van der Waals surface area contributed by atoms with Crippen LogP contribution in [-0.2, 0) is 11.8 Å². The summed E-state index contributed by atoms with van der Waals surface area (Å²) in [7, 11) is 3.49. The van der Waals surface area contributed by atoms with Crippen LogP contribution in [0.5, 0.6) is 0 Å². The van der Waals surface area contributed by atoms with Gasteiger partial charge in [-0.15, -0.1) is 11.3 Å².